The van der Waals surface area contributed by atoms with Crippen LogP contribution in [0.4, 0.5) is 30.5 Å². The minimum atomic E-state index is -4.83. The molecule has 1 aromatic carbocycles. The molecule has 0 aliphatic carbocycles. The highest BCUT2D eigenvalue weighted by Crippen LogP contribution is 2.43. The van der Waals surface area contributed by atoms with Crippen LogP contribution in [0, 0.1) is 0 Å². The van der Waals surface area contributed by atoms with Crippen LogP contribution in [0.25, 0.3) is 10.6 Å². The van der Waals surface area contributed by atoms with Gasteiger partial charge in [0.05, 0.1) is 40.5 Å². The second-order valence-electron chi connectivity index (χ2n) is 15.0. The molecule has 1 N–H and O–H groups in total. The number of thiophene rings is 1. The Kier molecular flexibility index (Phi) is 10.9. The number of halogens is 3. The molecular weight excluding hydrogens is 734 g/mol. The number of benzene rings is 1. The minimum absolute atomic E-state index is 0.0108. The van der Waals surface area contributed by atoms with Gasteiger partial charge in [-0.15, -0.1) is 11.3 Å². The number of nitrogens with zero attached hydrogens (tertiary/aromatic N) is 5. The lowest BCUT2D eigenvalue weighted by atomic mass is 10.1. The standard InChI is InChI=1S/C35H47F3N6O5S2Si/c1-7-23-18-24(43-12-10-42(11-13-43)14-16-49-52(5,6)34(2,3)4)8-9-27(23)40-33-39-20-26(35(36,37)38)30(41-33)28-19-29-31(50-28)32(45)44(25-21-48-22-25)15-17-51(29,46)47/h8-9,18-20,25H,7,10-17,21-22H2,1-6H3,(H,39,40,41). The average molecular weight is 781 g/mol. The van der Waals surface area contributed by atoms with E-state index in [1.54, 1.807) is 0 Å². The van der Waals surface area contributed by atoms with Gasteiger partial charge in [-0.3, -0.25) is 9.69 Å². The van der Waals surface area contributed by atoms with Crippen molar-refractivity contribution in [2.75, 3.05) is 75.1 Å². The zero-order valence-electron chi connectivity index (χ0n) is 30.5. The first kappa shape index (κ1) is 38.6. The van der Waals surface area contributed by atoms with Crippen molar-refractivity contribution in [3.05, 3.63) is 46.5 Å². The number of ether oxygens (including phenoxy) is 1. The molecule has 0 saturated carbocycles. The third-order valence-electron chi connectivity index (χ3n) is 10.6. The maximum Gasteiger partial charge on any atom is 0.420 e. The molecule has 3 aromatic rings. The van der Waals surface area contributed by atoms with Crippen molar-refractivity contribution < 1.29 is 35.5 Å². The second kappa shape index (κ2) is 14.6. The topological polar surface area (TPSA) is 117 Å². The molecule has 2 aromatic heterocycles. The monoisotopic (exact) mass is 780 g/mol. The summed E-state index contributed by atoms with van der Waals surface area (Å²) >= 11 is 0.701. The molecule has 5 heterocycles. The van der Waals surface area contributed by atoms with E-state index in [2.05, 4.69) is 65.0 Å². The number of rotatable bonds is 10. The molecule has 0 bridgehead atoms. The van der Waals surface area contributed by atoms with E-state index >= 15 is 0 Å². The number of alkyl halides is 3. The number of hydrogen-bond donors (Lipinski definition) is 1. The number of fused-ring (bicyclic) bond motifs is 1. The summed E-state index contributed by atoms with van der Waals surface area (Å²) < 4.78 is 80.8. The van der Waals surface area contributed by atoms with Gasteiger partial charge in [-0.05, 0) is 54.4 Å². The number of aromatic nitrogens is 2. The predicted octanol–water partition coefficient (Wildman–Crippen LogP) is 6.30. The first-order valence-electron chi connectivity index (χ1n) is 17.6. The maximum absolute atomic E-state index is 14.3. The van der Waals surface area contributed by atoms with Crippen LogP contribution in [0.1, 0.15) is 48.5 Å². The molecule has 17 heteroatoms. The molecule has 0 atom stereocenters. The summed E-state index contributed by atoms with van der Waals surface area (Å²) in [5.41, 5.74) is 1.03. The molecule has 2 saturated heterocycles. The van der Waals surface area contributed by atoms with Gasteiger partial charge in [0.1, 0.15) is 10.4 Å². The Balaban J connectivity index is 1.19. The van der Waals surface area contributed by atoms with Crippen molar-refractivity contribution in [2.24, 2.45) is 0 Å². The highest BCUT2D eigenvalue weighted by Gasteiger charge is 2.41. The molecule has 0 radical (unpaired) electrons. The smallest absolute Gasteiger partial charge is 0.416 e. The normalized spacial score (nSPS) is 19.0. The van der Waals surface area contributed by atoms with E-state index in [0.717, 1.165) is 56.6 Å². The van der Waals surface area contributed by atoms with Crippen LogP contribution in [0.3, 0.4) is 0 Å². The van der Waals surface area contributed by atoms with Gasteiger partial charge in [-0.1, -0.05) is 27.7 Å². The van der Waals surface area contributed by atoms with E-state index in [0.29, 0.717) is 29.6 Å². The number of hydrogen-bond acceptors (Lipinski definition) is 11. The number of carbonyl (C=O) groups excluding carboxylic acids is 1. The zero-order chi connectivity index (χ0) is 37.6. The zero-order valence-corrected chi connectivity index (χ0v) is 33.1. The van der Waals surface area contributed by atoms with Gasteiger partial charge in [0.25, 0.3) is 5.91 Å². The number of piperazine rings is 1. The van der Waals surface area contributed by atoms with E-state index in [1.165, 1.54) is 4.90 Å². The Morgan fingerprint density at radius 1 is 1.08 bits per heavy atom. The summed E-state index contributed by atoms with van der Waals surface area (Å²) in [6.45, 7) is 19.0. The van der Waals surface area contributed by atoms with Crippen molar-refractivity contribution >= 4 is 52.7 Å². The first-order valence-corrected chi connectivity index (χ1v) is 23.0. The summed E-state index contributed by atoms with van der Waals surface area (Å²) in [7, 11) is -5.73. The number of anilines is 3. The average Bonchev–Trinajstić information content (AvgIpc) is 3.49. The van der Waals surface area contributed by atoms with Crippen molar-refractivity contribution in [3.8, 4) is 10.6 Å². The van der Waals surface area contributed by atoms with E-state index < -0.39 is 41.5 Å². The van der Waals surface area contributed by atoms with Crippen LogP contribution >= 0.6 is 11.3 Å². The van der Waals surface area contributed by atoms with E-state index in [1.807, 2.05) is 19.1 Å². The Hall–Kier alpha value is -3.09. The minimum Gasteiger partial charge on any atom is -0.416 e. The summed E-state index contributed by atoms with van der Waals surface area (Å²) in [5.74, 6) is -0.949. The van der Waals surface area contributed by atoms with Crippen LogP contribution in [0.5, 0.6) is 0 Å². The highest BCUT2D eigenvalue weighted by atomic mass is 32.2. The van der Waals surface area contributed by atoms with Crippen molar-refractivity contribution in [1.29, 1.82) is 0 Å². The molecule has 3 aliphatic rings. The van der Waals surface area contributed by atoms with Crippen molar-refractivity contribution in [3.63, 3.8) is 0 Å². The first-order chi connectivity index (χ1) is 24.4. The fourth-order valence-electron chi connectivity index (χ4n) is 6.21. The van der Waals surface area contributed by atoms with Crippen LogP contribution in [-0.4, -0.2) is 113 Å². The van der Waals surface area contributed by atoms with Gasteiger partial charge in [-0.2, -0.15) is 13.2 Å². The Bertz CT molecular complexity index is 1900. The van der Waals surface area contributed by atoms with Gasteiger partial charge in [0.15, 0.2) is 18.2 Å². The maximum atomic E-state index is 14.3. The van der Waals surface area contributed by atoms with Crippen LogP contribution < -0.4 is 10.2 Å². The van der Waals surface area contributed by atoms with E-state index in [4.69, 9.17) is 9.16 Å². The lowest BCUT2D eigenvalue weighted by Crippen LogP contribution is -2.52. The number of amides is 1. The summed E-state index contributed by atoms with van der Waals surface area (Å²) in [5, 5.41) is 3.28. The van der Waals surface area contributed by atoms with Crippen molar-refractivity contribution in [2.45, 2.75) is 69.4 Å². The third-order valence-corrected chi connectivity index (χ3v) is 18.1. The van der Waals surface area contributed by atoms with Crippen molar-refractivity contribution in [1.82, 2.24) is 19.8 Å². The number of carbonyl (C=O) groups is 1. The summed E-state index contributed by atoms with van der Waals surface area (Å²) in [6.07, 6.45) is -3.49. The molecule has 3 aliphatic heterocycles. The highest BCUT2D eigenvalue weighted by molar-refractivity contribution is 7.91. The lowest BCUT2D eigenvalue weighted by Gasteiger charge is -2.39. The van der Waals surface area contributed by atoms with Gasteiger partial charge < -0.3 is 24.3 Å². The van der Waals surface area contributed by atoms with Crippen LogP contribution in [0.15, 0.2) is 35.4 Å². The van der Waals surface area contributed by atoms with Gasteiger partial charge >= 0.3 is 6.18 Å². The van der Waals surface area contributed by atoms with Gasteiger partial charge in [0, 0.05) is 63.4 Å². The van der Waals surface area contributed by atoms with E-state index in [9.17, 15) is 26.4 Å². The number of nitrogens with one attached hydrogen (secondary N) is 1. The van der Waals surface area contributed by atoms with Gasteiger partial charge in [0.2, 0.25) is 5.95 Å². The largest absolute Gasteiger partial charge is 0.420 e. The number of sulfone groups is 1. The molecule has 1 amide bonds. The van der Waals surface area contributed by atoms with Gasteiger partial charge in [-0.25, -0.2) is 18.4 Å². The van der Waals surface area contributed by atoms with E-state index in [-0.39, 0.29) is 57.2 Å². The molecule has 284 valence electrons. The van der Waals surface area contributed by atoms with Crippen LogP contribution in [0.2, 0.25) is 18.1 Å². The molecular formula is C35H47F3N6O5S2Si. The van der Waals surface area contributed by atoms with Crippen LogP contribution in [-0.2, 0) is 31.6 Å². The summed E-state index contributed by atoms with van der Waals surface area (Å²) in [4.78, 5) is 27.5. The SMILES string of the molecule is CCc1cc(N2CCN(CCO[Si](C)(C)C(C)(C)C)CC2)ccc1Nc1ncc(C(F)(F)F)c(-c2cc3c(s2)C(=O)N(C2COC2)CCS3(=O)=O)n1. The Labute approximate surface area is 308 Å². The second-order valence-corrected chi connectivity index (χ2v) is 23.0. The fourth-order valence-corrected chi connectivity index (χ4v) is 10.2. The molecule has 2 fully saturated rings. The molecule has 0 spiro atoms. The lowest BCUT2D eigenvalue weighted by molar-refractivity contribution is -0.137. The quantitative estimate of drug-likeness (QED) is 0.235. The molecule has 11 nitrogen and oxygen atoms in total. The predicted molar refractivity (Wildman–Crippen MR) is 199 cm³/mol. The summed E-state index contributed by atoms with van der Waals surface area (Å²) in [6, 6.07) is 6.80. The molecule has 52 heavy (non-hydrogen) atoms. The third kappa shape index (κ3) is 8.04. The Morgan fingerprint density at radius 3 is 2.40 bits per heavy atom. The Morgan fingerprint density at radius 2 is 1.79 bits per heavy atom. The molecule has 0 unspecified atom stereocenters. The number of aryl methyl sites for hydroxylation is 1. The molecule has 6 rings (SSSR count). The fraction of sp³-hybridized carbons (Fsp3) is 0.571.